The Balaban J connectivity index is 1.62. The van der Waals surface area contributed by atoms with E-state index in [1.165, 1.54) is 69.8 Å². The Labute approximate surface area is 186 Å². The van der Waals surface area contributed by atoms with Crippen molar-refractivity contribution in [2.45, 2.75) is 135 Å². The van der Waals surface area contributed by atoms with Crippen molar-refractivity contribution < 1.29 is 9.13 Å². The molecule has 1 aromatic rings. The van der Waals surface area contributed by atoms with Crippen molar-refractivity contribution in [1.29, 1.82) is 0 Å². The fourth-order valence-electron chi connectivity index (χ4n) is 4.85. The normalized spacial score (nSPS) is 21.6. The third kappa shape index (κ3) is 9.84. The van der Waals surface area contributed by atoms with Crippen LogP contribution in [-0.4, -0.2) is 12.3 Å². The van der Waals surface area contributed by atoms with E-state index in [2.05, 4.69) is 38.1 Å². The number of rotatable bonds is 16. The number of benzene rings is 1. The monoisotopic (exact) mass is 418 g/mol. The Bertz CT molecular complexity index is 530. The van der Waals surface area contributed by atoms with Crippen LogP contribution >= 0.6 is 0 Å². The van der Waals surface area contributed by atoms with Crippen molar-refractivity contribution in [3.8, 4) is 5.75 Å². The number of ether oxygens (including phenoxy) is 1. The first-order valence-electron chi connectivity index (χ1n) is 13.1. The lowest BCUT2D eigenvalue weighted by Gasteiger charge is -2.34. The Morgan fingerprint density at radius 3 is 1.90 bits per heavy atom. The van der Waals surface area contributed by atoms with E-state index < -0.39 is 5.67 Å². The Kier molecular flexibility index (Phi) is 12.5. The highest BCUT2D eigenvalue weighted by Crippen LogP contribution is 2.43. The number of hydrogen-bond acceptors (Lipinski definition) is 1. The van der Waals surface area contributed by atoms with E-state index >= 15 is 4.39 Å². The summed E-state index contributed by atoms with van der Waals surface area (Å²) in [6, 6.07) is 8.64. The summed E-state index contributed by atoms with van der Waals surface area (Å²) in [5.74, 6) is 1.50. The molecule has 0 radical (unpaired) electrons. The van der Waals surface area contributed by atoms with Crippen molar-refractivity contribution in [3.63, 3.8) is 0 Å². The summed E-state index contributed by atoms with van der Waals surface area (Å²) in [4.78, 5) is 0. The Hall–Kier alpha value is -1.05. The lowest BCUT2D eigenvalue weighted by Crippen LogP contribution is -2.28. The maximum atomic E-state index is 15.2. The fraction of sp³-hybridized carbons (Fsp3) is 0.786. The van der Waals surface area contributed by atoms with Crippen LogP contribution in [0.15, 0.2) is 24.3 Å². The molecule has 1 aliphatic carbocycles. The van der Waals surface area contributed by atoms with Crippen LogP contribution in [0, 0.1) is 0 Å². The van der Waals surface area contributed by atoms with Crippen LogP contribution in [-0.2, 0) is 0 Å². The lowest BCUT2D eigenvalue weighted by molar-refractivity contribution is 0.0849. The van der Waals surface area contributed by atoms with Gasteiger partial charge in [-0.3, -0.25) is 0 Å². The van der Waals surface area contributed by atoms with Gasteiger partial charge in [-0.15, -0.1) is 0 Å². The van der Waals surface area contributed by atoms with Crippen LogP contribution in [0.2, 0.25) is 0 Å². The van der Waals surface area contributed by atoms with Gasteiger partial charge in [0.05, 0.1) is 6.61 Å². The van der Waals surface area contributed by atoms with Crippen molar-refractivity contribution >= 4 is 0 Å². The molecular weight excluding hydrogens is 371 g/mol. The second-order valence-corrected chi connectivity index (χ2v) is 9.63. The summed E-state index contributed by atoms with van der Waals surface area (Å²) in [6.45, 7) is 5.31. The number of hydrogen-bond donors (Lipinski definition) is 0. The van der Waals surface area contributed by atoms with Crippen molar-refractivity contribution in [2.24, 2.45) is 0 Å². The van der Waals surface area contributed by atoms with E-state index in [9.17, 15) is 0 Å². The van der Waals surface area contributed by atoms with Crippen LogP contribution < -0.4 is 4.74 Å². The summed E-state index contributed by atoms with van der Waals surface area (Å²) in [5.41, 5.74) is 0.463. The molecule has 0 bridgehead atoms. The molecule has 0 N–H and O–H groups in total. The summed E-state index contributed by atoms with van der Waals surface area (Å²) in [7, 11) is 0. The van der Waals surface area contributed by atoms with Crippen molar-refractivity contribution in [2.75, 3.05) is 6.61 Å². The zero-order valence-electron chi connectivity index (χ0n) is 19.9. The van der Waals surface area contributed by atoms with Gasteiger partial charge in [0, 0.05) is 0 Å². The third-order valence-corrected chi connectivity index (χ3v) is 6.98. The maximum absolute atomic E-state index is 15.2. The van der Waals surface area contributed by atoms with E-state index in [1.54, 1.807) is 0 Å². The first kappa shape index (κ1) is 25.2. The minimum absolute atomic E-state index is 0.519. The predicted octanol–water partition coefficient (Wildman–Crippen LogP) is 9.54. The van der Waals surface area contributed by atoms with E-state index in [0.29, 0.717) is 5.92 Å². The van der Waals surface area contributed by atoms with Gasteiger partial charge in [-0.2, -0.15) is 0 Å². The molecule has 0 spiro atoms. The summed E-state index contributed by atoms with van der Waals surface area (Å²) in [5, 5.41) is 0. The van der Waals surface area contributed by atoms with Gasteiger partial charge in [-0.25, -0.2) is 4.39 Å². The van der Waals surface area contributed by atoms with Gasteiger partial charge in [0.25, 0.3) is 0 Å². The lowest BCUT2D eigenvalue weighted by atomic mass is 9.75. The molecule has 0 amide bonds. The summed E-state index contributed by atoms with van der Waals surface area (Å²) in [6.07, 6.45) is 19.4. The maximum Gasteiger partial charge on any atom is 0.119 e. The highest BCUT2D eigenvalue weighted by molar-refractivity contribution is 5.30. The molecule has 1 aromatic carbocycles. The van der Waals surface area contributed by atoms with Gasteiger partial charge in [-0.1, -0.05) is 96.6 Å². The van der Waals surface area contributed by atoms with Crippen molar-refractivity contribution in [3.05, 3.63) is 29.8 Å². The quantitative estimate of drug-likeness (QED) is 0.243. The first-order valence-corrected chi connectivity index (χ1v) is 13.1. The molecule has 0 saturated heterocycles. The van der Waals surface area contributed by atoms with E-state index in [1.807, 2.05) is 0 Å². The zero-order chi connectivity index (χ0) is 21.5. The standard InChI is InChI=1S/C28H47FO/c1-3-5-7-9-11-13-21-28(29)22-19-26(20-23-28)25-15-17-27(18-16-25)30-24-14-12-10-8-6-4-2/h15-18,26H,3-14,19-24H2,1-2H3. The number of alkyl halides is 1. The van der Waals surface area contributed by atoms with Crippen LogP contribution in [0.5, 0.6) is 5.75 Å². The van der Waals surface area contributed by atoms with Gasteiger partial charge in [0.1, 0.15) is 11.4 Å². The van der Waals surface area contributed by atoms with E-state index in [-0.39, 0.29) is 0 Å². The first-order chi connectivity index (χ1) is 14.7. The average Bonchev–Trinajstić information content (AvgIpc) is 2.77. The molecule has 1 nitrogen and oxygen atoms in total. The zero-order valence-corrected chi connectivity index (χ0v) is 19.9. The van der Waals surface area contributed by atoms with Gasteiger partial charge >= 0.3 is 0 Å². The SMILES string of the molecule is CCCCCCCCOc1ccc(C2CCC(F)(CCCCCCCC)CC2)cc1. The van der Waals surface area contributed by atoms with Crippen molar-refractivity contribution in [1.82, 2.24) is 0 Å². The molecular formula is C28H47FO. The molecule has 2 heteroatoms. The molecule has 172 valence electrons. The largest absolute Gasteiger partial charge is 0.494 e. The average molecular weight is 419 g/mol. The highest BCUT2D eigenvalue weighted by Gasteiger charge is 2.35. The Morgan fingerprint density at radius 1 is 0.767 bits per heavy atom. The van der Waals surface area contributed by atoms with Crippen LogP contribution in [0.4, 0.5) is 4.39 Å². The van der Waals surface area contributed by atoms with Gasteiger partial charge < -0.3 is 4.74 Å². The number of unbranched alkanes of at least 4 members (excludes halogenated alkanes) is 10. The molecule has 0 aromatic heterocycles. The predicted molar refractivity (Wildman–Crippen MR) is 128 cm³/mol. The van der Waals surface area contributed by atoms with Gasteiger partial charge in [0.15, 0.2) is 0 Å². The molecule has 1 aliphatic rings. The number of halogens is 1. The summed E-state index contributed by atoms with van der Waals surface area (Å²) >= 11 is 0. The molecule has 1 fully saturated rings. The van der Waals surface area contributed by atoms with Gasteiger partial charge in [0.2, 0.25) is 0 Å². The van der Waals surface area contributed by atoms with Gasteiger partial charge in [-0.05, 0) is 62.1 Å². The fourth-order valence-corrected chi connectivity index (χ4v) is 4.85. The summed E-state index contributed by atoms with van der Waals surface area (Å²) < 4.78 is 21.1. The molecule has 0 aliphatic heterocycles. The third-order valence-electron chi connectivity index (χ3n) is 6.98. The van der Waals surface area contributed by atoms with Crippen LogP contribution in [0.25, 0.3) is 0 Å². The smallest absolute Gasteiger partial charge is 0.119 e. The minimum Gasteiger partial charge on any atom is -0.494 e. The van der Waals surface area contributed by atoms with Crippen LogP contribution in [0.1, 0.15) is 134 Å². The Morgan fingerprint density at radius 2 is 1.30 bits per heavy atom. The topological polar surface area (TPSA) is 9.23 Å². The van der Waals surface area contributed by atoms with Crippen LogP contribution in [0.3, 0.4) is 0 Å². The second-order valence-electron chi connectivity index (χ2n) is 9.63. The highest BCUT2D eigenvalue weighted by atomic mass is 19.1. The molecule has 1 saturated carbocycles. The molecule has 0 unspecified atom stereocenters. The molecule has 30 heavy (non-hydrogen) atoms. The molecule has 0 heterocycles. The molecule has 2 rings (SSSR count). The minimum atomic E-state index is -0.901. The van der Waals surface area contributed by atoms with E-state index in [4.69, 9.17) is 4.74 Å². The van der Waals surface area contributed by atoms with E-state index in [0.717, 1.165) is 57.3 Å². The molecule has 0 atom stereocenters. The second kappa shape index (κ2) is 14.9.